The summed E-state index contributed by atoms with van der Waals surface area (Å²) in [6.07, 6.45) is 0. The summed E-state index contributed by atoms with van der Waals surface area (Å²) >= 11 is 1.45. The van der Waals surface area contributed by atoms with Crippen LogP contribution in [-0.2, 0) is 4.79 Å². The molecule has 0 bridgehead atoms. The summed E-state index contributed by atoms with van der Waals surface area (Å²) in [5.74, 6) is 1.06. The van der Waals surface area contributed by atoms with Crippen LogP contribution < -0.4 is 10.1 Å². The van der Waals surface area contributed by atoms with Gasteiger partial charge in [0.05, 0.1) is 22.9 Å². The van der Waals surface area contributed by atoms with Crippen molar-refractivity contribution in [2.45, 2.75) is 32.7 Å². The maximum absolute atomic E-state index is 12.3. The number of anilines is 1. The topological polar surface area (TPSA) is 51.2 Å². The number of aromatic nitrogens is 1. The second-order valence-electron chi connectivity index (χ2n) is 6.55. The highest BCUT2D eigenvalue weighted by atomic mass is 32.2. The number of hydrogen-bond acceptors (Lipinski definition) is 4. The van der Waals surface area contributed by atoms with Gasteiger partial charge < -0.3 is 10.1 Å². The van der Waals surface area contributed by atoms with Crippen molar-refractivity contribution in [1.29, 1.82) is 0 Å². The predicted molar refractivity (Wildman–Crippen MR) is 113 cm³/mol. The fraction of sp³-hybridized carbons (Fsp3) is 0.273. The summed E-state index contributed by atoms with van der Waals surface area (Å²) in [5.41, 5.74) is 5.35. The molecule has 0 aliphatic carbocycles. The van der Waals surface area contributed by atoms with Crippen molar-refractivity contribution in [3.05, 3.63) is 59.2 Å². The number of benzene rings is 2. The van der Waals surface area contributed by atoms with Crippen molar-refractivity contribution in [2.75, 3.05) is 17.7 Å². The first kappa shape index (κ1) is 19.2. The summed E-state index contributed by atoms with van der Waals surface area (Å²) in [7, 11) is 0. The number of fused-ring (bicyclic) bond motifs is 1. The zero-order valence-electron chi connectivity index (χ0n) is 16.1. The lowest BCUT2D eigenvalue weighted by Crippen LogP contribution is -2.14. The average molecular weight is 381 g/mol. The Labute approximate surface area is 164 Å². The Hall–Kier alpha value is -2.53. The SMILES string of the molecule is CCOc1ccc(NC(=O)CSc2cc(C)c3cc(C)cc(C)c3n2)cc1. The molecule has 0 atom stereocenters. The molecule has 0 aliphatic rings. The van der Waals surface area contributed by atoms with Gasteiger partial charge in [0.15, 0.2) is 0 Å². The minimum absolute atomic E-state index is 0.0515. The molecule has 0 radical (unpaired) electrons. The molecular weight excluding hydrogens is 356 g/mol. The van der Waals surface area contributed by atoms with E-state index in [1.165, 1.54) is 28.3 Å². The van der Waals surface area contributed by atoms with Crippen LogP contribution in [0.4, 0.5) is 5.69 Å². The van der Waals surface area contributed by atoms with E-state index in [1.807, 2.05) is 31.2 Å². The number of aryl methyl sites for hydroxylation is 3. The molecule has 4 nitrogen and oxygen atoms in total. The first-order valence-electron chi connectivity index (χ1n) is 9.00. The zero-order valence-corrected chi connectivity index (χ0v) is 16.9. The zero-order chi connectivity index (χ0) is 19.4. The molecule has 0 unspecified atom stereocenters. The normalized spacial score (nSPS) is 10.8. The van der Waals surface area contributed by atoms with Crippen molar-refractivity contribution in [2.24, 2.45) is 0 Å². The van der Waals surface area contributed by atoms with Crippen molar-refractivity contribution in [3.8, 4) is 5.75 Å². The minimum atomic E-state index is -0.0515. The monoisotopic (exact) mass is 380 g/mol. The fourth-order valence-electron chi connectivity index (χ4n) is 3.03. The first-order chi connectivity index (χ1) is 13.0. The lowest BCUT2D eigenvalue weighted by atomic mass is 10.0. The summed E-state index contributed by atoms with van der Waals surface area (Å²) in [6.45, 7) is 8.83. The number of pyridine rings is 1. The largest absolute Gasteiger partial charge is 0.494 e. The molecule has 5 heteroatoms. The molecule has 0 saturated heterocycles. The summed E-state index contributed by atoms with van der Waals surface area (Å²) in [5, 5.41) is 4.95. The molecule has 0 aliphatic heterocycles. The molecule has 1 amide bonds. The van der Waals surface area contributed by atoms with Gasteiger partial charge in [-0.1, -0.05) is 23.4 Å². The van der Waals surface area contributed by atoms with E-state index in [9.17, 15) is 4.79 Å². The molecule has 0 saturated carbocycles. The van der Waals surface area contributed by atoms with E-state index in [0.717, 1.165) is 27.5 Å². The molecular formula is C22H24N2O2S. The van der Waals surface area contributed by atoms with Crippen molar-refractivity contribution < 1.29 is 9.53 Å². The molecule has 2 aromatic carbocycles. The number of amides is 1. The van der Waals surface area contributed by atoms with Gasteiger partial charge in [0.1, 0.15) is 5.75 Å². The first-order valence-corrected chi connectivity index (χ1v) is 9.99. The van der Waals surface area contributed by atoms with E-state index in [0.29, 0.717) is 12.4 Å². The summed E-state index contributed by atoms with van der Waals surface area (Å²) in [6, 6.07) is 13.8. The molecule has 3 rings (SSSR count). The number of nitrogens with one attached hydrogen (secondary N) is 1. The highest BCUT2D eigenvalue weighted by Gasteiger charge is 2.09. The Balaban J connectivity index is 1.66. The van der Waals surface area contributed by atoms with Crippen molar-refractivity contribution in [3.63, 3.8) is 0 Å². The van der Waals surface area contributed by atoms with Crippen LogP contribution in [0.5, 0.6) is 5.75 Å². The van der Waals surface area contributed by atoms with Crippen LogP contribution in [0.1, 0.15) is 23.6 Å². The standard InChI is InChI=1S/C22H24N2O2S/c1-5-26-18-8-6-17(7-9-18)23-20(25)13-27-21-12-15(3)19-11-14(2)10-16(4)22(19)24-21/h6-12H,5,13H2,1-4H3,(H,23,25). The number of carbonyl (C=O) groups excluding carboxylic acids is 1. The van der Waals surface area contributed by atoms with Gasteiger partial charge in [-0.15, -0.1) is 0 Å². The minimum Gasteiger partial charge on any atom is -0.494 e. The smallest absolute Gasteiger partial charge is 0.234 e. The molecule has 0 fully saturated rings. The van der Waals surface area contributed by atoms with Crippen LogP contribution in [0.2, 0.25) is 0 Å². The quantitative estimate of drug-likeness (QED) is 0.590. The van der Waals surface area contributed by atoms with Gasteiger partial charge in [0.2, 0.25) is 5.91 Å². The van der Waals surface area contributed by atoms with Crippen LogP contribution >= 0.6 is 11.8 Å². The van der Waals surface area contributed by atoms with Crippen LogP contribution in [-0.4, -0.2) is 23.3 Å². The fourth-order valence-corrected chi connectivity index (χ4v) is 3.79. The van der Waals surface area contributed by atoms with Gasteiger partial charge in [-0.25, -0.2) is 4.98 Å². The molecule has 27 heavy (non-hydrogen) atoms. The van der Waals surface area contributed by atoms with Gasteiger partial charge in [0.25, 0.3) is 0 Å². The number of rotatable bonds is 6. The Kier molecular flexibility index (Phi) is 6.01. The maximum Gasteiger partial charge on any atom is 0.234 e. The maximum atomic E-state index is 12.3. The van der Waals surface area contributed by atoms with E-state index in [4.69, 9.17) is 9.72 Å². The molecule has 3 aromatic rings. The third-order valence-electron chi connectivity index (χ3n) is 4.23. The van der Waals surface area contributed by atoms with Gasteiger partial charge in [-0.3, -0.25) is 4.79 Å². The van der Waals surface area contributed by atoms with Gasteiger partial charge >= 0.3 is 0 Å². The Morgan fingerprint density at radius 1 is 1.07 bits per heavy atom. The Bertz CT molecular complexity index is 968. The number of carbonyl (C=O) groups is 1. The van der Waals surface area contributed by atoms with E-state index in [-0.39, 0.29) is 5.91 Å². The van der Waals surface area contributed by atoms with Gasteiger partial charge in [-0.2, -0.15) is 0 Å². The molecule has 1 N–H and O–H groups in total. The van der Waals surface area contributed by atoms with Crippen LogP contribution in [0.15, 0.2) is 47.5 Å². The van der Waals surface area contributed by atoms with E-state index in [1.54, 1.807) is 0 Å². The Morgan fingerprint density at radius 2 is 1.81 bits per heavy atom. The third kappa shape index (κ3) is 4.80. The van der Waals surface area contributed by atoms with E-state index >= 15 is 0 Å². The predicted octanol–water partition coefficient (Wildman–Crippen LogP) is 5.29. The van der Waals surface area contributed by atoms with Gasteiger partial charge in [0, 0.05) is 11.1 Å². The number of thioether (sulfide) groups is 1. The molecule has 1 aromatic heterocycles. The lowest BCUT2D eigenvalue weighted by Gasteiger charge is -2.10. The summed E-state index contributed by atoms with van der Waals surface area (Å²) in [4.78, 5) is 17.0. The van der Waals surface area contributed by atoms with Gasteiger partial charge in [-0.05, 0) is 75.2 Å². The second kappa shape index (κ2) is 8.44. The average Bonchev–Trinajstić information content (AvgIpc) is 2.63. The molecule has 0 spiro atoms. The summed E-state index contributed by atoms with van der Waals surface area (Å²) < 4.78 is 5.41. The van der Waals surface area contributed by atoms with E-state index < -0.39 is 0 Å². The van der Waals surface area contributed by atoms with Crippen molar-refractivity contribution >= 4 is 34.3 Å². The highest BCUT2D eigenvalue weighted by molar-refractivity contribution is 7.99. The van der Waals surface area contributed by atoms with Crippen LogP contribution in [0.25, 0.3) is 10.9 Å². The second-order valence-corrected chi connectivity index (χ2v) is 7.55. The number of ether oxygens (including phenoxy) is 1. The Morgan fingerprint density at radius 3 is 2.52 bits per heavy atom. The van der Waals surface area contributed by atoms with E-state index in [2.05, 4.69) is 44.3 Å². The number of nitrogens with zero attached hydrogens (tertiary/aromatic N) is 1. The third-order valence-corrected chi connectivity index (χ3v) is 5.14. The van der Waals surface area contributed by atoms with Crippen LogP contribution in [0.3, 0.4) is 0 Å². The molecule has 1 heterocycles. The van der Waals surface area contributed by atoms with Crippen molar-refractivity contribution in [1.82, 2.24) is 4.98 Å². The van der Waals surface area contributed by atoms with Crippen LogP contribution in [0, 0.1) is 20.8 Å². The lowest BCUT2D eigenvalue weighted by molar-refractivity contribution is -0.113. The molecule has 140 valence electrons. The number of hydrogen-bond donors (Lipinski definition) is 1. The highest BCUT2D eigenvalue weighted by Crippen LogP contribution is 2.27.